The number of aliphatic hydroxyl groups is 1. The lowest BCUT2D eigenvalue weighted by Gasteiger charge is -2.21. The number of carbonyl (C=O) groups is 3. The van der Waals surface area contributed by atoms with Gasteiger partial charge in [0.05, 0.1) is 19.8 Å². The van der Waals surface area contributed by atoms with E-state index in [4.69, 9.17) is 23.3 Å². The lowest BCUT2D eigenvalue weighted by molar-refractivity contribution is -0.161. The van der Waals surface area contributed by atoms with Gasteiger partial charge < -0.3 is 24.2 Å². The molecule has 0 aliphatic rings. The van der Waals surface area contributed by atoms with Crippen LogP contribution >= 0.6 is 7.82 Å². The molecule has 0 amide bonds. The molecule has 3 unspecified atom stereocenters. The van der Waals surface area contributed by atoms with Gasteiger partial charge in [-0.1, -0.05) is 196 Å². The Balaban J connectivity index is 4.76. The average molecular weight is 1030 g/mol. The Hall–Kier alpha value is -3.08. The summed E-state index contributed by atoms with van der Waals surface area (Å²) in [5.41, 5.74) is 0. The molecule has 0 aliphatic carbocycles. The van der Waals surface area contributed by atoms with Gasteiger partial charge in [-0.3, -0.25) is 23.4 Å². The predicted octanol–water partition coefficient (Wildman–Crippen LogP) is 16.9. The Morgan fingerprint density at radius 2 is 0.694 bits per heavy atom. The first-order valence-corrected chi connectivity index (χ1v) is 30.3. The highest BCUT2D eigenvalue weighted by Gasteiger charge is 2.28. The molecule has 11 nitrogen and oxygen atoms in total. The van der Waals surface area contributed by atoms with Gasteiger partial charge in [-0.2, -0.15) is 0 Å². The van der Waals surface area contributed by atoms with Gasteiger partial charge in [0.15, 0.2) is 6.10 Å². The van der Waals surface area contributed by atoms with Crippen molar-refractivity contribution in [1.82, 2.24) is 0 Å². The molecule has 0 fully saturated rings. The van der Waals surface area contributed by atoms with Crippen LogP contribution in [-0.2, 0) is 42.2 Å². The number of phosphoric ester groups is 1. The molecular formula is C60H105O11P. The molecule has 0 saturated heterocycles. The van der Waals surface area contributed by atoms with Crippen molar-refractivity contribution in [1.29, 1.82) is 0 Å². The van der Waals surface area contributed by atoms with Crippen molar-refractivity contribution < 1.29 is 52.2 Å². The third-order valence-corrected chi connectivity index (χ3v) is 13.0. The van der Waals surface area contributed by atoms with Crippen LogP contribution in [-0.4, -0.2) is 66.5 Å². The Labute approximate surface area is 439 Å². The summed E-state index contributed by atoms with van der Waals surface area (Å²) >= 11 is 0. The van der Waals surface area contributed by atoms with E-state index in [0.717, 1.165) is 135 Å². The van der Waals surface area contributed by atoms with E-state index in [1.807, 2.05) is 0 Å². The zero-order valence-corrected chi connectivity index (χ0v) is 46.8. The van der Waals surface area contributed by atoms with E-state index >= 15 is 0 Å². The van der Waals surface area contributed by atoms with Crippen molar-refractivity contribution in [3.63, 3.8) is 0 Å². The van der Waals surface area contributed by atoms with Gasteiger partial charge in [-0.05, 0) is 109 Å². The Morgan fingerprint density at radius 1 is 0.389 bits per heavy atom. The Bertz CT molecular complexity index is 1490. The second-order valence-corrected chi connectivity index (χ2v) is 20.5. The highest BCUT2D eigenvalue weighted by Crippen LogP contribution is 2.43. The first kappa shape index (κ1) is 68.9. The van der Waals surface area contributed by atoms with Gasteiger partial charge in [-0.15, -0.1) is 0 Å². The van der Waals surface area contributed by atoms with Crippen molar-refractivity contribution in [2.24, 2.45) is 0 Å². The van der Waals surface area contributed by atoms with Crippen molar-refractivity contribution in [3.8, 4) is 0 Å². The summed E-state index contributed by atoms with van der Waals surface area (Å²) in [6.07, 6.45) is 60.0. The predicted molar refractivity (Wildman–Crippen MR) is 298 cm³/mol. The summed E-state index contributed by atoms with van der Waals surface area (Å²) < 4.78 is 39.5. The van der Waals surface area contributed by atoms with Gasteiger partial charge in [-0.25, -0.2) is 4.57 Å². The minimum Gasteiger partial charge on any atom is -0.462 e. The minimum atomic E-state index is -4.75. The number of rotatable bonds is 53. The fraction of sp³-hybridized carbons (Fsp3) is 0.750. The highest BCUT2D eigenvalue weighted by atomic mass is 31.2. The molecule has 416 valence electrons. The summed E-state index contributed by atoms with van der Waals surface area (Å²) in [5, 5.41) is 9.79. The summed E-state index contributed by atoms with van der Waals surface area (Å²) in [6, 6.07) is 0. The molecule has 72 heavy (non-hydrogen) atoms. The average Bonchev–Trinajstić information content (AvgIpc) is 3.37. The van der Waals surface area contributed by atoms with Crippen molar-refractivity contribution >= 4 is 25.7 Å². The second kappa shape index (κ2) is 54.2. The number of esters is 3. The number of allylic oxidation sites excluding steroid dienone is 12. The minimum absolute atomic E-state index is 0.146. The summed E-state index contributed by atoms with van der Waals surface area (Å²) in [4.78, 5) is 48.5. The molecule has 0 aromatic heterocycles. The lowest BCUT2D eigenvalue weighted by Crippen LogP contribution is -2.30. The normalized spacial score (nSPS) is 13.9. The highest BCUT2D eigenvalue weighted by molar-refractivity contribution is 7.47. The zero-order chi connectivity index (χ0) is 52.7. The molecule has 0 aliphatic heterocycles. The fourth-order valence-corrected chi connectivity index (χ4v) is 8.39. The number of hydrogen-bond acceptors (Lipinski definition) is 10. The molecule has 0 saturated carbocycles. The number of unbranched alkanes of at least 4 members (excludes halogenated alkanes) is 24. The van der Waals surface area contributed by atoms with Crippen LogP contribution in [0.15, 0.2) is 72.9 Å². The van der Waals surface area contributed by atoms with Gasteiger partial charge >= 0.3 is 25.7 Å². The van der Waals surface area contributed by atoms with Crippen LogP contribution in [0.2, 0.25) is 0 Å². The monoisotopic (exact) mass is 1030 g/mol. The topological polar surface area (TPSA) is 155 Å². The van der Waals surface area contributed by atoms with Gasteiger partial charge in [0.1, 0.15) is 12.7 Å². The summed E-state index contributed by atoms with van der Waals surface area (Å²) in [7, 11) is -4.75. The van der Waals surface area contributed by atoms with E-state index in [-0.39, 0.29) is 25.9 Å². The molecule has 3 atom stereocenters. The van der Waals surface area contributed by atoms with Crippen molar-refractivity contribution in [2.75, 3.05) is 26.4 Å². The second-order valence-electron chi connectivity index (χ2n) is 19.1. The summed E-state index contributed by atoms with van der Waals surface area (Å²) in [5.74, 6) is -1.50. The van der Waals surface area contributed by atoms with Crippen LogP contribution in [0, 0.1) is 0 Å². The first-order chi connectivity index (χ1) is 35.2. The van der Waals surface area contributed by atoms with Gasteiger partial charge in [0.25, 0.3) is 0 Å². The number of ether oxygens (including phenoxy) is 3. The van der Waals surface area contributed by atoms with E-state index < -0.39 is 57.8 Å². The van der Waals surface area contributed by atoms with Crippen molar-refractivity contribution in [2.45, 2.75) is 264 Å². The largest absolute Gasteiger partial charge is 0.472 e. The molecule has 0 rings (SSSR count). The van der Waals surface area contributed by atoms with E-state index in [2.05, 4.69) is 93.7 Å². The molecule has 0 radical (unpaired) electrons. The van der Waals surface area contributed by atoms with Crippen LogP contribution in [0.3, 0.4) is 0 Å². The standard InChI is InChI=1S/C60H105O11P/c1-4-7-10-13-16-19-22-24-26-27-28-29-31-32-35-37-40-43-46-49-58(62)67-53-57(71-60(64)51-48-45-42-39-36-33-30-25-23-20-17-14-11-8-5-2)55-69-72(65,66)68-54-56(52-61)70-59(63)50-47-44-41-38-34-21-18-15-12-9-6-3/h15-20,24-26,28-30,56-57,61H,4-14,21-23,27,31-55H2,1-3H3,(H,65,66)/b18-15-,19-16-,20-17-,26-24-,29-28-,30-25-. The third-order valence-electron chi connectivity index (χ3n) is 12.1. The maximum Gasteiger partial charge on any atom is 0.472 e. The fourth-order valence-electron chi connectivity index (χ4n) is 7.61. The number of carbonyl (C=O) groups excluding carboxylic acids is 3. The van der Waals surface area contributed by atoms with E-state index in [1.165, 1.54) is 57.8 Å². The zero-order valence-electron chi connectivity index (χ0n) is 45.9. The quantitative estimate of drug-likeness (QED) is 0.0197. The number of phosphoric acid groups is 1. The van der Waals surface area contributed by atoms with E-state index in [1.54, 1.807) is 0 Å². The molecule has 0 heterocycles. The molecule has 0 aromatic carbocycles. The molecule has 12 heteroatoms. The number of hydrogen-bond donors (Lipinski definition) is 2. The third kappa shape index (κ3) is 51.8. The Kier molecular flexibility index (Phi) is 51.9. The van der Waals surface area contributed by atoms with Crippen LogP contribution in [0.1, 0.15) is 252 Å². The van der Waals surface area contributed by atoms with E-state index in [0.29, 0.717) is 19.3 Å². The maximum absolute atomic E-state index is 12.9. The van der Waals surface area contributed by atoms with Crippen molar-refractivity contribution in [3.05, 3.63) is 72.9 Å². The molecule has 0 bridgehead atoms. The Morgan fingerprint density at radius 3 is 1.10 bits per heavy atom. The van der Waals surface area contributed by atoms with Gasteiger partial charge in [0.2, 0.25) is 0 Å². The van der Waals surface area contributed by atoms with Gasteiger partial charge in [0, 0.05) is 19.3 Å². The lowest BCUT2D eigenvalue weighted by atomic mass is 10.1. The molecule has 2 N–H and O–H groups in total. The first-order valence-electron chi connectivity index (χ1n) is 28.8. The summed E-state index contributed by atoms with van der Waals surface area (Å²) in [6.45, 7) is 4.51. The smallest absolute Gasteiger partial charge is 0.462 e. The maximum atomic E-state index is 12.9. The molecule has 0 spiro atoms. The van der Waals surface area contributed by atoms with Crippen LogP contribution in [0.25, 0.3) is 0 Å². The molecular weight excluding hydrogens is 928 g/mol. The van der Waals surface area contributed by atoms with Crippen LogP contribution in [0.5, 0.6) is 0 Å². The molecule has 0 aromatic rings. The SMILES string of the molecule is CCCC/C=C\CCCCCCCC(=O)OC(CO)COP(=O)(O)OCC(COC(=O)CCCCCCCC/C=C\C/C=C\C/C=C\CCCCC)OC(=O)CCCCCCC/C=C\C/C=C\CCCCC. The van der Waals surface area contributed by atoms with Crippen LogP contribution in [0.4, 0.5) is 0 Å². The van der Waals surface area contributed by atoms with Crippen LogP contribution < -0.4 is 0 Å². The van der Waals surface area contributed by atoms with E-state index in [9.17, 15) is 28.9 Å². The number of aliphatic hydroxyl groups excluding tert-OH is 1.